The van der Waals surface area contributed by atoms with Crippen molar-refractivity contribution in [2.24, 2.45) is 5.16 Å². The second-order valence-corrected chi connectivity index (χ2v) is 6.21. The molecule has 4 rings (SSSR count). The number of fused-ring (bicyclic) bond motifs is 4. The predicted octanol–water partition coefficient (Wildman–Crippen LogP) is 4.27. The molecule has 1 aromatic carbocycles. The first-order valence-electron chi connectivity index (χ1n) is 7.77. The molecule has 0 fully saturated rings. The fraction of sp³-hybridized carbons (Fsp3) is 0.389. The molecule has 0 unspecified atom stereocenters. The van der Waals surface area contributed by atoms with Crippen LogP contribution in [0.3, 0.4) is 0 Å². The number of rotatable bonds is 0. The molecule has 0 atom stereocenters. The summed E-state index contributed by atoms with van der Waals surface area (Å²) in [4.78, 5) is 0. The molecule has 0 spiro atoms. The highest BCUT2D eigenvalue weighted by Crippen LogP contribution is 2.36. The zero-order chi connectivity index (χ0) is 15.4. The molecule has 0 saturated carbocycles. The van der Waals surface area contributed by atoms with E-state index >= 15 is 0 Å². The Kier molecular flexibility index (Phi) is 2.83. The molecular formula is C18H19NO3. The van der Waals surface area contributed by atoms with Gasteiger partial charge in [-0.3, -0.25) is 0 Å². The lowest BCUT2D eigenvalue weighted by atomic mass is 9.89. The third-order valence-corrected chi connectivity index (χ3v) is 4.99. The quantitative estimate of drug-likeness (QED) is 0.498. The van der Waals surface area contributed by atoms with Crippen molar-refractivity contribution in [3.8, 4) is 0 Å². The summed E-state index contributed by atoms with van der Waals surface area (Å²) in [6.45, 7) is 6.08. The molecule has 22 heavy (non-hydrogen) atoms. The van der Waals surface area contributed by atoms with Gasteiger partial charge in [0.15, 0.2) is 0 Å². The van der Waals surface area contributed by atoms with Gasteiger partial charge in [-0.2, -0.15) is 0 Å². The molecule has 4 nitrogen and oxygen atoms in total. The standard InChI is InChI=1S/C18H19NO3/c1-9-11(3)21-16-10(2)17-15(8-14(9)16)12-6-4-5-7-13(12)18(19-20)22-17/h8,20H,4-7H2,1-3H3/b19-18-. The number of nitrogens with zero attached hydrogens (tertiary/aromatic N) is 1. The first kappa shape index (κ1) is 13.4. The largest absolute Gasteiger partial charge is 0.461 e. The Bertz CT molecular complexity index is 976. The third kappa shape index (κ3) is 1.67. The van der Waals surface area contributed by atoms with E-state index in [-0.39, 0.29) is 0 Å². The van der Waals surface area contributed by atoms with Crippen LogP contribution in [0.5, 0.6) is 0 Å². The molecule has 1 aliphatic carbocycles. The average molecular weight is 297 g/mol. The fourth-order valence-electron chi connectivity index (χ4n) is 3.65. The number of aryl methyl sites for hydroxylation is 4. The van der Waals surface area contributed by atoms with Gasteiger partial charge in [-0.1, -0.05) is 0 Å². The highest BCUT2D eigenvalue weighted by Gasteiger charge is 2.21. The summed E-state index contributed by atoms with van der Waals surface area (Å²) in [6.07, 6.45) is 4.19. The summed E-state index contributed by atoms with van der Waals surface area (Å²) in [7, 11) is 0. The molecule has 1 N–H and O–H groups in total. The Morgan fingerprint density at radius 2 is 1.59 bits per heavy atom. The molecule has 0 radical (unpaired) electrons. The van der Waals surface area contributed by atoms with Crippen molar-refractivity contribution in [2.75, 3.05) is 0 Å². The highest BCUT2D eigenvalue weighted by molar-refractivity contribution is 6.00. The summed E-state index contributed by atoms with van der Waals surface area (Å²) in [6, 6.07) is 2.18. The minimum Gasteiger partial charge on any atom is -0.461 e. The van der Waals surface area contributed by atoms with Gasteiger partial charge < -0.3 is 14.0 Å². The molecule has 0 aliphatic heterocycles. The smallest absolute Gasteiger partial charge is 0.259 e. The van der Waals surface area contributed by atoms with Crippen molar-refractivity contribution in [2.45, 2.75) is 46.5 Å². The molecule has 0 amide bonds. The van der Waals surface area contributed by atoms with Gasteiger partial charge in [0.2, 0.25) is 0 Å². The molecule has 0 saturated heterocycles. The van der Waals surface area contributed by atoms with Crippen LogP contribution < -0.4 is 5.55 Å². The maximum Gasteiger partial charge on any atom is 0.259 e. The van der Waals surface area contributed by atoms with Crippen molar-refractivity contribution in [1.82, 2.24) is 0 Å². The molecule has 114 valence electrons. The minimum absolute atomic E-state index is 0.352. The molecule has 1 aliphatic rings. The summed E-state index contributed by atoms with van der Waals surface area (Å²) in [5.74, 6) is 0.939. The van der Waals surface area contributed by atoms with Crippen LogP contribution in [-0.2, 0) is 12.8 Å². The van der Waals surface area contributed by atoms with Crippen LogP contribution in [0, 0.1) is 20.8 Å². The summed E-state index contributed by atoms with van der Waals surface area (Å²) in [5, 5.41) is 15.0. The first-order valence-corrected chi connectivity index (χ1v) is 7.77. The maximum absolute atomic E-state index is 9.31. The normalized spacial score (nSPS) is 15.7. The highest BCUT2D eigenvalue weighted by atomic mass is 16.5. The third-order valence-electron chi connectivity index (χ3n) is 4.99. The van der Waals surface area contributed by atoms with E-state index < -0.39 is 0 Å². The van der Waals surface area contributed by atoms with E-state index in [2.05, 4.69) is 18.1 Å². The summed E-state index contributed by atoms with van der Waals surface area (Å²) in [5.41, 5.74) is 6.47. The lowest BCUT2D eigenvalue weighted by Crippen LogP contribution is -2.17. The Balaban J connectivity index is 2.25. The second-order valence-electron chi connectivity index (χ2n) is 6.21. The van der Waals surface area contributed by atoms with Crippen LogP contribution >= 0.6 is 0 Å². The number of furan rings is 1. The fourth-order valence-corrected chi connectivity index (χ4v) is 3.65. The number of hydrogen-bond donors (Lipinski definition) is 1. The molecule has 3 aromatic rings. The van der Waals surface area contributed by atoms with E-state index in [0.29, 0.717) is 5.55 Å². The molecule has 0 bridgehead atoms. The Hall–Kier alpha value is -2.23. The predicted molar refractivity (Wildman–Crippen MR) is 84.2 cm³/mol. The summed E-state index contributed by atoms with van der Waals surface area (Å²) >= 11 is 0. The van der Waals surface area contributed by atoms with E-state index in [4.69, 9.17) is 8.83 Å². The van der Waals surface area contributed by atoms with Gasteiger partial charge in [0, 0.05) is 21.9 Å². The molecule has 4 heteroatoms. The summed E-state index contributed by atoms with van der Waals surface area (Å²) < 4.78 is 11.8. The van der Waals surface area contributed by atoms with Gasteiger partial charge in [0.05, 0.1) is 0 Å². The Morgan fingerprint density at radius 1 is 0.909 bits per heavy atom. The molecule has 2 aromatic heterocycles. The topological polar surface area (TPSA) is 58.9 Å². The Morgan fingerprint density at radius 3 is 2.32 bits per heavy atom. The van der Waals surface area contributed by atoms with Crippen molar-refractivity contribution in [3.05, 3.63) is 39.6 Å². The maximum atomic E-state index is 9.31. The lowest BCUT2D eigenvalue weighted by molar-refractivity contribution is 0.274. The molecular weight excluding hydrogens is 278 g/mol. The zero-order valence-corrected chi connectivity index (χ0v) is 13.1. The van der Waals surface area contributed by atoms with Gasteiger partial charge in [0.1, 0.15) is 16.9 Å². The number of benzene rings is 1. The first-order chi connectivity index (χ1) is 10.6. The number of hydrogen-bond acceptors (Lipinski definition) is 4. The van der Waals surface area contributed by atoms with Crippen molar-refractivity contribution in [1.29, 1.82) is 0 Å². The van der Waals surface area contributed by atoms with Crippen LogP contribution in [0.4, 0.5) is 0 Å². The van der Waals surface area contributed by atoms with Crippen LogP contribution in [0.25, 0.3) is 21.9 Å². The van der Waals surface area contributed by atoms with Crippen LogP contribution in [0.15, 0.2) is 20.1 Å². The minimum atomic E-state index is 0.352. The SMILES string of the molecule is Cc1oc2c(C)c3o/c(=N\O)c4c(c3cc2c1C)CCCC4. The van der Waals surface area contributed by atoms with Gasteiger partial charge in [-0.05, 0) is 68.8 Å². The van der Waals surface area contributed by atoms with Gasteiger partial charge >= 0.3 is 0 Å². The van der Waals surface area contributed by atoms with E-state index in [1.807, 2.05) is 13.8 Å². The lowest BCUT2D eigenvalue weighted by Gasteiger charge is -2.17. The van der Waals surface area contributed by atoms with E-state index in [9.17, 15) is 5.21 Å². The van der Waals surface area contributed by atoms with Gasteiger partial charge in [-0.15, -0.1) is 0 Å². The van der Waals surface area contributed by atoms with Crippen molar-refractivity contribution in [3.63, 3.8) is 0 Å². The van der Waals surface area contributed by atoms with Gasteiger partial charge in [-0.25, -0.2) is 0 Å². The molecule has 2 heterocycles. The van der Waals surface area contributed by atoms with E-state index in [1.165, 1.54) is 11.1 Å². The van der Waals surface area contributed by atoms with Crippen LogP contribution in [0.2, 0.25) is 0 Å². The van der Waals surface area contributed by atoms with E-state index in [1.54, 1.807) is 0 Å². The van der Waals surface area contributed by atoms with Crippen molar-refractivity contribution < 1.29 is 14.0 Å². The average Bonchev–Trinajstić information content (AvgIpc) is 2.83. The van der Waals surface area contributed by atoms with Crippen LogP contribution in [0.1, 0.15) is 40.9 Å². The zero-order valence-electron chi connectivity index (χ0n) is 13.1. The second kappa shape index (κ2) is 4.63. The Labute approximate surface area is 128 Å². The van der Waals surface area contributed by atoms with E-state index in [0.717, 1.165) is 64.5 Å². The van der Waals surface area contributed by atoms with Crippen LogP contribution in [-0.4, -0.2) is 5.21 Å². The van der Waals surface area contributed by atoms with Crippen molar-refractivity contribution >= 4 is 21.9 Å². The van der Waals surface area contributed by atoms with Gasteiger partial charge in [0.25, 0.3) is 5.55 Å². The monoisotopic (exact) mass is 297 g/mol.